The minimum absolute atomic E-state index is 0.0823. The van der Waals surface area contributed by atoms with E-state index >= 15 is 0 Å². The van der Waals surface area contributed by atoms with Crippen LogP contribution in [-0.2, 0) is 4.74 Å². The fourth-order valence-corrected chi connectivity index (χ4v) is 2.31. The number of nitro benzene ring substituents is 1. The Kier molecular flexibility index (Phi) is 5.93. The van der Waals surface area contributed by atoms with E-state index in [1.54, 1.807) is 13.2 Å². The predicted molar refractivity (Wildman–Crippen MR) is 91.2 cm³/mol. The summed E-state index contributed by atoms with van der Waals surface area (Å²) in [6.45, 7) is 1.86. The molecule has 0 aliphatic heterocycles. The topological polar surface area (TPSA) is 107 Å². The maximum Gasteiger partial charge on any atom is 0.343 e. The van der Waals surface area contributed by atoms with Gasteiger partial charge in [0, 0.05) is 17.3 Å². The highest BCUT2D eigenvalue weighted by Crippen LogP contribution is 2.31. The molecular weight excluding hydrogens is 356 g/mol. The van der Waals surface area contributed by atoms with Crippen molar-refractivity contribution in [2.24, 2.45) is 0 Å². The van der Waals surface area contributed by atoms with E-state index < -0.39 is 10.9 Å². The molecule has 8 nitrogen and oxygen atoms in total. The van der Waals surface area contributed by atoms with Gasteiger partial charge in [0.2, 0.25) is 0 Å². The average molecular weight is 369 g/mol. The summed E-state index contributed by atoms with van der Waals surface area (Å²) in [5, 5.41) is 14.6. The molecule has 1 aromatic heterocycles. The summed E-state index contributed by atoms with van der Waals surface area (Å²) in [7, 11) is 0. The lowest BCUT2D eigenvalue weighted by Crippen LogP contribution is -2.11. The van der Waals surface area contributed by atoms with Crippen molar-refractivity contribution in [1.82, 2.24) is 9.97 Å². The van der Waals surface area contributed by atoms with E-state index in [0.29, 0.717) is 5.16 Å². The summed E-state index contributed by atoms with van der Waals surface area (Å²) in [4.78, 5) is 30.9. The third-order valence-corrected chi connectivity index (χ3v) is 3.65. The summed E-state index contributed by atoms with van der Waals surface area (Å²) in [5.41, 5.74) is 0.00113. The molecule has 0 saturated carbocycles. The van der Waals surface area contributed by atoms with Gasteiger partial charge in [-0.15, -0.1) is 0 Å². The standard InChI is InChI=1S/C14H13ClN4O4S/c1-3-23-13(20)9-7-16-14(24-2)18-12(9)17-10-5-4-8(15)6-11(10)19(21)22/h4-7H,3H2,1-2H3,(H,16,17,18). The zero-order valence-electron chi connectivity index (χ0n) is 12.8. The molecule has 0 bridgehead atoms. The maximum absolute atomic E-state index is 12.0. The molecular formula is C14H13ClN4O4S. The third kappa shape index (κ3) is 4.12. The Morgan fingerprint density at radius 3 is 2.88 bits per heavy atom. The Bertz CT molecular complexity index is 787. The molecule has 10 heteroatoms. The number of rotatable bonds is 6. The molecule has 0 spiro atoms. The van der Waals surface area contributed by atoms with Gasteiger partial charge in [-0.3, -0.25) is 10.1 Å². The SMILES string of the molecule is CCOC(=O)c1cnc(SC)nc1Nc1ccc(Cl)cc1[N+](=O)[O-]. The van der Waals surface area contributed by atoms with Gasteiger partial charge in [-0.1, -0.05) is 23.4 Å². The zero-order valence-corrected chi connectivity index (χ0v) is 14.3. The first-order valence-corrected chi connectivity index (χ1v) is 8.35. The second-order valence-corrected chi connectivity index (χ2v) is 5.59. The molecule has 0 amide bonds. The lowest BCUT2D eigenvalue weighted by Gasteiger charge is -2.11. The predicted octanol–water partition coefficient (Wildman–Crippen LogP) is 3.68. The summed E-state index contributed by atoms with van der Waals surface area (Å²) in [6.07, 6.45) is 3.09. The smallest absolute Gasteiger partial charge is 0.343 e. The normalized spacial score (nSPS) is 10.3. The number of anilines is 2. The Hall–Kier alpha value is -2.39. The number of benzene rings is 1. The van der Waals surface area contributed by atoms with Gasteiger partial charge < -0.3 is 10.1 Å². The highest BCUT2D eigenvalue weighted by molar-refractivity contribution is 7.98. The molecule has 0 radical (unpaired) electrons. The molecule has 1 aromatic carbocycles. The van der Waals surface area contributed by atoms with Crippen LogP contribution < -0.4 is 5.32 Å². The molecule has 2 rings (SSSR count). The second kappa shape index (κ2) is 7.93. The van der Waals surface area contributed by atoms with Crippen molar-refractivity contribution in [3.05, 3.63) is 45.1 Å². The molecule has 1 heterocycles. The fourth-order valence-electron chi connectivity index (χ4n) is 1.81. The van der Waals surface area contributed by atoms with Crippen molar-refractivity contribution < 1.29 is 14.5 Å². The minimum atomic E-state index is -0.621. The van der Waals surface area contributed by atoms with Gasteiger partial charge in [0.05, 0.1) is 11.5 Å². The summed E-state index contributed by atoms with van der Waals surface area (Å²) < 4.78 is 4.96. The Balaban J connectivity index is 2.48. The molecule has 126 valence electrons. The van der Waals surface area contributed by atoms with Crippen LogP contribution in [0.1, 0.15) is 17.3 Å². The number of ether oxygens (including phenoxy) is 1. The average Bonchev–Trinajstić information content (AvgIpc) is 2.56. The molecule has 1 N–H and O–H groups in total. The maximum atomic E-state index is 12.0. The van der Waals surface area contributed by atoms with Crippen molar-refractivity contribution in [3.63, 3.8) is 0 Å². The van der Waals surface area contributed by atoms with Crippen molar-refractivity contribution in [3.8, 4) is 0 Å². The first-order valence-electron chi connectivity index (χ1n) is 6.75. The lowest BCUT2D eigenvalue weighted by atomic mass is 10.2. The van der Waals surface area contributed by atoms with E-state index in [0.717, 1.165) is 0 Å². The molecule has 0 atom stereocenters. The Morgan fingerprint density at radius 1 is 1.50 bits per heavy atom. The van der Waals surface area contributed by atoms with Crippen molar-refractivity contribution in [1.29, 1.82) is 0 Å². The van der Waals surface area contributed by atoms with Crippen molar-refractivity contribution >= 4 is 46.5 Å². The lowest BCUT2D eigenvalue weighted by molar-refractivity contribution is -0.383. The Labute approximate surface area is 146 Å². The summed E-state index contributed by atoms with van der Waals surface area (Å²) in [6, 6.07) is 4.15. The van der Waals surface area contributed by atoms with E-state index in [4.69, 9.17) is 16.3 Å². The van der Waals surface area contributed by atoms with Crippen LogP contribution >= 0.6 is 23.4 Å². The number of thioether (sulfide) groups is 1. The van der Waals surface area contributed by atoms with Crippen molar-refractivity contribution in [2.45, 2.75) is 12.1 Å². The number of carbonyl (C=O) groups excluding carboxylic acids is 1. The molecule has 2 aromatic rings. The summed E-state index contributed by atoms with van der Waals surface area (Å²) in [5.74, 6) is -0.498. The Morgan fingerprint density at radius 2 is 2.25 bits per heavy atom. The first kappa shape index (κ1) is 18.0. The first-order chi connectivity index (χ1) is 11.5. The van der Waals surface area contributed by atoms with E-state index in [-0.39, 0.29) is 34.4 Å². The van der Waals surface area contributed by atoms with Crippen LogP contribution in [0.2, 0.25) is 5.02 Å². The molecule has 0 unspecified atom stereocenters. The van der Waals surface area contributed by atoms with Crippen LogP contribution in [0.5, 0.6) is 0 Å². The van der Waals surface area contributed by atoms with E-state index in [2.05, 4.69) is 15.3 Å². The molecule has 0 fully saturated rings. The van der Waals surface area contributed by atoms with Gasteiger partial charge in [-0.05, 0) is 25.3 Å². The van der Waals surface area contributed by atoms with E-state index in [1.807, 2.05) is 0 Å². The van der Waals surface area contributed by atoms with Crippen LogP contribution in [0.4, 0.5) is 17.2 Å². The van der Waals surface area contributed by atoms with Crippen molar-refractivity contribution in [2.75, 3.05) is 18.2 Å². The quantitative estimate of drug-likeness (QED) is 0.270. The number of esters is 1. The number of hydrogen-bond donors (Lipinski definition) is 1. The number of hydrogen-bond acceptors (Lipinski definition) is 8. The van der Waals surface area contributed by atoms with Gasteiger partial charge >= 0.3 is 5.97 Å². The van der Waals surface area contributed by atoms with Gasteiger partial charge in [-0.2, -0.15) is 0 Å². The molecule has 0 aliphatic carbocycles. The third-order valence-electron chi connectivity index (χ3n) is 2.85. The van der Waals surface area contributed by atoms with Gasteiger partial charge in [0.15, 0.2) is 5.16 Å². The number of nitrogens with zero attached hydrogens (tertiary/aromatic N) is 3. The van der Waals surface area contributed by atoms with Crippen LogP contribution in [0.15, 0.2) is 29.6 Å². The number of aromatic nitrogens is 2. The van der Waals surface area contributed by atoms with Gasteiger partial charge in [0.25, 0.3) is 5.69 Å². The van der Waals surface area contributed by atoms with Gasteiger partial charge in [-0.25, -0.2) is 14.8 Å². The highest BCUT2D eigenvalue weighted by atomic mass is 35.5. The van der Waals surface area contributed by atoms with E-state index in [1.165, 1.54) is 36.2 Å². The fraction of sp³-hybridized carbons (Fsp3) is 0.214. The van der Waals surface area contributed by atoms with Gasteiger partial charge in [0.1, 0.15) is 17.1 Å². The van der Waals surface area contributed by atoms with Crippen LogP contribution in [0.3, 0.4) is 0 Å². The minimum Gasteiger partial charge on any atom is -0.462 e. The number of halogens is 1. The molecule has 24 heavy (non-hydrogen) atoms. The number of nitro groups is 1. The van der Waals surface area contributed by atoms with Crippen LogP contribution in [-0.4, -0.2) is 33.7 Å². The monoisotopic (exact) mass is 368 g/mol. The second-order valence-electron chi connectivity index (χ2n) is 4.38. The van der Waals surface area contributed by atoms with Crippen LogP contribution in [0, 0.1) is 10.1 Å². The zero-order chi connectivity index (χ0) is 17.7. The molecule has 0 aliphatic rings. The van der Waals surface area contributed by atoms with Crippen LogP contribution in [0.25, 0.3) is 0 Å². The summed E-state index contributed by atoms with van der Waals surface area (Å²) >= 11 is 7.07. The molecule has 0 saturated heterocycles. The number of nitrogens with one attached hydrogen (secondary N) is 1. The number of carbonyl (C=O) groups is 1. The largest absolute Gasteiger partial charge is 0.462 e. The van der Waals surface area contributed by atoms with E-state index in [9.17, 15) is 14.9 Å². The highest BCUT2D eigenvalue weighted by Gasteiger charge is 2.20.